The van der Waals surface area contributed by atoms with Crippen LogP contribution in [0.4, 0.5) is 0 Å². The lowest BCUT2D eigenvalue weighted by Gasteiger charge is -2.32. The van der Waals surface area contributed by atoms with Crippen molar-refractivity contribution in [1.82, 2.24) is 14.1 Å². The van der Waals surface area contributed by atoms with E-state index >= 15 is 0 Å². The van der Waals surface area contributed by atoms with Gasteiger partial charge in [0, 0.05) is 39.3 Å². The quantitative estimate of drug-likeness (QED) is 0.572. The Labute approximate surface area is 155 Å². The zero-order chi connectivity index (χ0) is 18.6. The molecule has 0 unspecified atom stereocenters. The molecule has 2 aliphatic rings. The lowest BCUT2D eigenvalue weighted by molar-refractivity contribution is 0.0674. The number of hydrogen-bond acceptors (Lipinski definition) is 5. The zero-order valence-corrected chi connectivity index (χ0v) is 16.0. The molecular formula is C17H27N5O3S. The SMILES string of the molecule is CN1CCN(S(=O)(=O)c2ccccc2CN=C(N)N2CCOCC2)CC1. The lowest BCUT2D eigenvalue weighted by atomic mass is 10.2. The molecule has 2 saturated heterocycles. The molecule has 0 saturated carbocycles. The average molecular weight is 382 g/mol. The number of nitrogens with zero attached hydrogens (tertiary/aromatic N) is 4. The first-order valence-corrected chi connectivity index (χ1v) is 10.3. The third kappa shape index (κ3) is 4.35. The van der Waals surface area contributed by atoms with Gasteiger partial charge in [0.25, 0.3) is 0 Å². The van der Waals surface area contributed by atoms with Gasteiger partial charge in [0.1, 0.15) is 0 Å². The number of benzene rings is 1. The van der Waals surface area contributed by atoms with Crippen molar-refractivity contribution in [2.24, 2.45) is 10.7 Å². The Hall–Kier alpha value is -1.68. The predicted molar refractivity (Wildman–Crippen MR) is 100 cm³/mol. The van der Waals surface area contributed by atoms with Crippen molar-refractivity contribution in [2.75, 3.05) is 59.5 Å². The molecule has 0 atom stereocenters. The van der Waals surface area contributed by atoms with Gasteiger partial charge in [-0.1, -0.05) is 18.2 Å². The third-order valence-electron chi connectivity index (χ3n) is 4.80. The number of likely N-dealkylation sites (N-methyl/N-ethyl adjacent to an activating group) is 1. The number of guanidine groups is 1. The van der Waals surface area contributed by atoms with Crippen LogP contribution in [0.5, 0.6) is 0 Å². The van der Waals surface area contributed by atoms with E-state index in [2.05, 4.69) is 9.89 Å². The van der Waals surface area contributed by atoms with Crippen LogP contribution in [-0.2, 0) is 21.3 Å². The van der Waals surface area contributed by atoms with E-state index in [-0.39, 0.29) is 6.54 Å². The number of piperazine rings is 1. The number of rotatable bonds is 4. The maximum atomic E-state index is 13.1. The fourth-order valence-corrected chi connectivity index (χ4v) is 4.75. The summed E-state index contributed by atoms with van der Waals surface area (Å²) in [6.45, 7) is 5.40. The van der Waals surface area contributed by atoms with Gasteiger partial charge in [-0.15, -0.1) is 0 Å². The van der Waals surface area contributed by atoms with Crippen LogP contribution in [0.1, 0.15) is 5.56 Å². The molecule has 8 nitrogen and oxygen atoms in total. The number of ether oxygens (including phenoxy) is 1. The van der Waals surface area contributed by atoms with Gasteiger partial charge in [-0.2, -0.15) is 4.31 Å². The summed E-state index contributed by atoms with van der Waals surface area (Å²) in [4.78, 5) is 8.83. The lowest BCUT2D eigenvalue weighted by Crippen LogP contribution is -2.47. The molecule has 0 aromatic heterocycles. The molecule has 9 heteroatoms. The highest BCUT2D eigenvalue weighted by Gasteiger charge is 2.29. The van der Waals surface area contributed by atoms with Crippen LogP contribution in [-0.4, -0.2) is 88.0 Å². The van der Waals surface area contributed by atoms with E-state index in [0.717, 1.165) is 13.1 Å². The first-order valence-electron chi connectivity index (χ1n) is 8.87. The van der Waals surface area contributed by atoms with Crippen LogP contribution < -0.4 is 5.73 Å². The molecule has 2 N–H and O–H groups in total. The fourth-order valence-electron chi connectivity index (χ4n) is 3.11. The molecule has 0 amide bonds. The summed E-state index contributed by atoms with van der Waals surface area (Å²) in [6, 6.07) is 7.04. The van der Waals surface area contributed by atoms with Crippen LogP contribution >= 0.6 is 0 Å². The first-order chi connectivity index (χ1) is 12.5. The van der Waals surface area contributed by atoms with Gasteiger partial charge >= 0.3 is 0 Å². The highest BCUT2D eigenvalue weighted by Crippen LogP contribution is 2.22. The highest BCUT2D eigenvalue weighted by molar-refractivity contribution is 7.89. The van der Waals surface area contributed by atoms with Crippen molar-refractivity contribution in [3.05, 3.63) is 29.8 Å². The maximum Gasteiger partial charge on any atom is 0.243 e. The van der Waals surface area contributed by atoms with E-state index in [1.54, 1.807) is 22.5 Å². The second-order valence-electron chi connectivity index (χ2n) is 6.59. The molecule has 0 spiro atoms. The van der Waals surface area contributed by atoms with E-state index < -0.39 is 10.0 Å². The van der Waals surface area contributed by atoms with Gasteiger partial charge < -0.3 is 20.3 Å². The summed E-state index contributed by atoms with van der Waals surface area (Å²) in [7, 11) is -1.52. The minimum Gasteiger partial charge on any atom is -0.378 e. The minimum atomic E-state index is -3.53. The largest absolute Gasteiger partial charge is 0.378 e. The molecule has 0 aliphatic carbocycles. The van der Waals surface area contributed by atoms with Gasteiger partial charge in [0.15, 0.2) is 5.96 Å². The maximum absolute atomic E-state index is 13.1. The van der Waals surface area contributed by atoms with Gasteiger partial charge in [0.05, 0.1) is 24.7 Å². The Morgan fingerprint density at radius 1 is 1.12 bits per heavy atom. The summed E-state index contributed by atoms with van der Waals surface area (Å²) in [6.07, 6.45) is 0. The highest BCUT2D eigenvalue weighted by atomic mass is 32.2. The summed E-state index contributed by atoms with van der Waals surface area (Å²) in [5, 5.41) is 0. The third-order valence-corrected chi connectivity index (χ3v) is 6.80. The number of aliphatic imine (C=N–C) groups is 1. The van der Waals surface area contributed by atoms with Crippen molar-refractivity contribution in [2.45, 2.75) is 11.4 Å². The average Bonchev–Trinajstić information content (AvgIpc) is 2.67. The van der Waals surface area contributed by atoms with Gasteiger partial charge in [-0.25, -0.2) is 13.4 Å². The molecular weight excluding hydrogens is 354 g/mol. The number of nitrogens with two attached hydrogens (primary N) is 1. The molecule has 144 valence electrons. The molecule has 2 aliphatic heterocycles. The van der Waals surface area contributed by atoms with Crippen molar-refractivity contribution in [1.29, 1.82) is 0 Å². The molecule has 26 heavy (non-hydrogen) atoms. The van der Waals surface area contributed by atoms with Crippen LogP contribution in [0.2, 0.25) is 0 Å². The van der Waals surface area contributed by atoms with Crippen LogP contribution in [0.25, 0.3) is 0 Å². The second kappa shape index (κ2) is 8.34. The number of sulfonamides is 1. The van der Waals surface area contributed by atoms with Crippen molar-refractivity contribution < 1.29 is 13.2 Å². The molecule has 2 heterocycles. The summed E-state index contributed by atoms with van der Waals surface area (Å²) in [5.74, 6) is 0.431. The molecule has 1 aromatic rings. The van der Waals surface area contributed by atoms with Gasteiger partial charge in [-0.3, -0.25) is 0 Å². The normalized spacial score (nSPS) is 21.1. The van der Waals surface area contributed by atoms with Crippen LogP contribution in [0, 0.1) is 0 Å². The number of hydrogen-bond donors (Lipinski definition) is 1. The van der Waals surface area contributed by atoms with E-state index in [0.29, 0.717) is 55.8 Å². The monoisotopic (exact) mass is 381 g/mol. The van der Waals surface area contributed by atoms with Crippen LogP contribution in [0.15, 0.2) is 34.2 Å². The molecule has 0 bridgehead atoms. The Balaban J connectivity index is 1.77. The van der Waals surface area contributed by atoms with Gasteiger partial charge in [0.2, 0.25) is 10.0 Å². The van der Waals surface area contributed by atoms with Crippen molar-refractivity contribution in [3.8, 4) is 0 Å². The summed E-state index contributed by atoms with van der Waals surface area (Å²) >= 11 is 0. The Bertz CT molecular complexity index is 739. The smallest absolute Gasteiger partial charge is 0.243 e. The fraction of sp³-hybridized carbons (Fsp3) is 0.588. The van der Waals surface area contributed by atoms with E-state index in [4.69, 9.17) is 10.5 Å². The van der Waals surface area contributed by atoms with Gasteiger partial charge in [-0.05, 0) is 18.7 Å². The topological polar surface area (TPSA) is 91.5 Å². The molecule has 3 rings (SSSR count). The van der Waals surface area contributed by atoms with Crippen LogP contribution in [0.3, 0.4) is 0 Å². The molecule has 2 fully saturated rings. The Morgan fingerprint density at radius 3 is 2.46 bits per heavy atom. The molecule has 0 radical (unpaired) electrons. The minimum absolute atomic E-state index is 0.242. The summed E-state index contributed by atoms with van der Waals surface area (Å²) in [5.41, 5.74) is 6.74. The van der Waals surface area contributed by atoms with E-state index in [1.807, 2.05) is 18.0 Å². The predicted octanol–water partition coefficient (Wildman–Crippen LogP) is -0.230. The zero-order valence-electron chi connectivity index (χ0n) is 15.2. The Morgan fingerprint density at radius 2 is 1.77 bits per heavy atom. The number of morpholine rings is 1. The van der Waals surface area contributed by atoms with E-state index in [9.17, 15) is 8.42 Å². The first kappa shape index (κ1) is 19.1. The Kier molecular flexibility index (Phi) is 6.13. The second-order valence-corrected chi connectivity index (χ2v) is 8.50. The van der Waals surface area contributed by atoms with E-state index in [1.165, 1.54) is 0 Å². The standard InChI is InChI=1S/C17H27N5O3S/c1-20-6-8-22(9-7-20)26(23,24)16-5-3-2-4-15(16)14-19-17(18)21-10-12-25-13-11-21/h2-5H,6-14H2,1H3,(H2,18,19). The molecule has 1 aromatic carbocycles. The van der Waals surface area contributed by atoms with Crippen molar-refractivity contribution >= 4 is 16.0 Å². The summed E-state index contributed by atoms with van der Waals surface area (Å²) < 4.78 is 33.0. The van der Waals surface area contributed by atoms with Crippen molar-refractivity contribution in [3.63, 3.8) is 0 Å².